The van der Waals surface area contributed by atoms with Crippen LogP contribution in [0.25, 0.3) is 0 Å². The highest BCUT2D eigenvalue weighted by Gasteiger charge is 2.33. The first-order valence-electron chi connectivity index (χ1n) is 4.06. The molecule has 0 aliphatic carbocycles. The highest BCUT2D eigenvalue weighted by molar-refractivity contribution is 5.81. The molecular formula is C8H15NO2. The summed E-state index contributed by atoms with van der Waals surface area (Å²) in [5.41, 5.74) is 0. The van der Waals surface area contributed by atoms with E-state index in [0.717, 1.165) is 6.42 Å². The van der Waals surface area contributed by atoms with Gasteiger partial charge in [-0.1, -0.05) is 13.8 Å². The van der Waals surface area contributed by atoms with Crippen molar-refractivity contribution in [3.05, 3.63) is 0 Å². The van der Waals surface area contributed by atoms with Crippen LogP contribution in [0.2, 0.25) is 0 Å². The second-order valence-electron chi connectivity index (χ2n) is 3.47. The van der Waals surface area contributed by atoms with Crippen molar-refractivity contribution in [3.63, 3.8) is 0 Å². The van der Waals surface area contributed by atoms with Gasteiger partial charge < -0.3 is 10.4 Å². The van der Waals surface area contributed by atoms with Crippen LogP contribution in [0, 0.1) is 11.8 Å². The van der Waals surface area contributed by atoms with Crippen LogP contribution in [-0.2, 0) is 4.79 Å². The van der Waals surface area contributed by atoms with Gasteiger partial charge in [0, 0.05) is 5.92 Å². The van der Waals surface area contributed by atoms with Gasteiger partial charge in [-0.05, 0) is 12.3 Å². The van der Waals surface area contributed by atoms with Gasteiger partial charge in [0.05, 0.1) is 12.6 Å². The van der Waals surface area contributed by atoms with Crippen LogP contribution in [0.1, 0.15) is 20.3 Å². The summed E-state index contributed by atoms with van der Waals surface area (Å²) >= 11 is 0. The molecule has 1 aliphatic rings. The molecule has 1 fully saturated rings. The summed E-state index contributed by atoms with van der Waals surface area (Å²) < 4.78 is 0. The van der Waals surface area contributed by atoms with Crippen molar-refractivity contribution < 1.29 is 9.90 Å². The summed E-state index contributed by atoms with van der Waals surface area (Å²) in [5, 5.41) is 11.5. The highest BCUT2D eigenvalue weighted by atomic mass is 16.3. The van der Waals surface area contributed by atoms with E-state index in [1.54, 1.807) is 0 Å². The van der Waals surface area contributed by atoms with Crippen LogP contribution in [-0.4, -0.2) is 23.7 Å². The second-order valence-corrected chi connectivity index (χ2v) is 3.47. The maximum Gasteiger partial charge on any atom is 0.223 e. The van der Waals surface area contributed by atoms with Crippen molar-refractivity contribution >= 4 is 5.91 Å². The van der Waals surface area contributed by atoms with Crippen LogP contribution >= 0.6 is 0 Å². The van der Waals surface area contributed by atoms with Crippen molar-refractivity contribution in [2.24, 2.45) is 11.8 Å². The van der Waals surface area contributed by atoms with Crippen molar-refractivity contribution in [1.82, 2.24) is 5.32 Å². The molecule has 0 aromatic heterocycles. The molecule has 64 valence electrons. The lowest BCUT2D eigenvalue weighted by atomic mass is 9.93. The van der Waals surface area contributed by atoms with Gasteiger partial charge in [0.15, 0.2) is 0 Å². The number of aliphatic hydroxyl groups is 1. The normalized spacial score (nSPS) is 31.1. The standard InChI is InChI=1S/C8H15NO2/c1-5(2)7-3-6(4-10)9-8(7)11/h5-7,10H,3-4H2,1-2H3,(H,9,11)/t6-,7-/m1/s1. The molecule has 1 heterocycles. The summed E-state index contributed by atoms with van der Waals surface area (Å²) in [7, 11) is 0. The average molecular weight is 157 g/mol. The fourth-order valence-electron chi connectivity index (χ4n) is 1.48. The van der Waals surface area contributed by atoms with E-state index in [4.69, 9.17) is 5.11 Å². The maximum atomic E-state index is 11.2. The quantitative estimate of drug-likeness (QED) is 0.599. The van der Waals surface area contributed by atoms with Crippen LogP contribution in [0.15, 0.2) is 0 Å². The Labute approximate surface area is 66.8 Å². The third-order valence-corrected chi connectivity index (χ3v) is 2.25. The van der Waals surface area contributed by atoms with Gasteiger partial charge in [-0.25, -0.2) is 0 Å². The number of carbonyl (C=O) groups excluding carboxylic acids is 1. The van der Waals surface area contributed by atoms with Crippen LogP contribution < -0.4 is 5.32 Å². The number of aliphatic hydroxyl groups excluding tert-OH is 1. The monoisotopic (exact) mass is 157 g/mol. The smallest absolute Gasteiger partial charge is 0.223 e. The van der Waals surface area contributed by atoms with E-state index in [0.29, 0.717) is 5.92 Å². The minimum Gasteiger partial charge on any atom is -0.394 e. The van der Waals surface area contributed by atoms with E-state index >= 15 is 0 Å². The Morgan fingerprint density at radius 3 is 2.64 bits per heavy atom. The fourth-order valence-corrected chi connectivity index (χ4v) is 1.48. The van der Waals surface area contributed by atoms with E-state index in [9.17, 15) is 4.79 Å². The summed E-state index contributed by atoms with van der Waals surface area (Å²) in [6.07, 6.45) is 0.785. The first kappa shape index (κ1) is 8.53. The van der Waals surface area contributed by atoms with Gasteiger partial charge in [-0.2, -0.15) is 0 Å². The minimum absolute atomic E-state index is 0.00472. The lowest BCUT2D eigenvalue weighted by Crippen LogP contribution is -2.29. The predicted octanol–water partition coefficient (Wildman–Crippen LogP) is 0.139. The van der Waals surface area contributed by atoms with Gasteiger partial charge >= 0.3 is 0 Å². The number of amides is 1. The number of hydrogen-bond acceptors (Lipinski definition) is 2. The van der Waals surface area contributed by atoms with E-state index in [2.05, 4.69) is 5.32 Å². The summed E-state index contributed by atoms with van der Waals surface area (Å²) in [5.74, 6) is 0.581. The molecular weight excluding hydrogens is 142 g/mol. The Morgan fingerprint density at radius 2 is 2.36 bits per heavy atom. The Kier molecular flexibility index (Phi) is 2.49. The maximum absolute atomic E-state index is 11.2. The molecule has 3 heteroatoms. The van der Waals surface area contributed by atoms with E-state index in [1.807, 2.05) is 13.8 Å². The molecule has 11 heavy (non-hydrogen) atoms. The summed E-state index contributed by atoms with van der Waals surface area (Å²) in [4.78, 5) is 11.2. The molecule has 2 atom stereocenters. The first-order chi connectivity index (χ1) is 5.15. The second kappa shape index (κ2) is 3.22. The topological polar surface area (TPSA) is 49.3 Å². The van der Waals surface area contributed by atoms with Gasteiger partial charge in [-0.15, -0.1) is 0 Å². The minimum atomic E-state index is -0.00472. The molecule has 1 aliphatic heterocycles. The summed E-state index contributed by atoms with van der Waals surface area (Å²) in [6, 6.07) is -0.00472. The average Bonchev–Trinajstić information content (AvgIpc) is 2.30. The van der Waals surface area contributed by atoms with Gasteiger partial charge in [-0.3, -0.25) is 4.79 Å². The molecule has 0 aromatic rings. The molecule has 1 rings (SSSR count). The lowest BCUT2D eigenvalue weighted by molar-refractivity contribution is -0.123. The molecule has 1 amide bonds. The van der Waals surface area contributed by atoms with Crippen LogP contribution in [0.5, 0.6) is 0 Å². The Hall–Kier alpha value is -0.570. The van der Waals surface area contributed by atoms with Crippen LogP contribution in [0.4, 0.5) is 0 Å². The van der Waals surface area contributed by atoms with Gasteiger partial charge in [0.25, 0.3) is 0 Å². The SMILES string of the molecule is CC(C)[C@H]1C[C@H](CO)NC1=O. The number of hydrogen-bond donors (Lipinski definition) is 2. The van der Waals surface area contributed by atoms with Gasteiger partial charge in [0.2, 0.25) is 5.91 Å². The van der Waals surface area contributed by atoms with Gasteiger partial charge in [0.1, 0.15) is 0 Å². The zero-order valence-corrected chi connectivity index (χ0v) is 7.00. The molecule has 0 spiro atoms. The molecule has 3 nitrogen and oxygen atoms in total. The third kappa shape index (κ3) is 1.71. The van der Waals surface area contributed by atoms with Crippen molar-refractivity contribution in [2.45, 2.75) is 26.3 Å². The first-order valence-corrected chi connectivity index (χ1v) is 4.06. The molecule has 0 unspecified atom stereocenters. The van der Waals surface area contributed by atoms with Crippen molar-refractivity contribution in [3.8, 4) is 0 Å². The predicted molar refractivity (Wildman–Crippen MR) is 42.0 cm³/mol. The van der Waals surface area contributed by atoms with Crippen molar-refractivity contribution in [1.29, 1.82) is 0 Å². The van der Waals surface area contributed by atoms with Crippen LogP contribution in [0.3, 0.4) is 0 Å². The van der Waals surface area contributed by atoms with Crippen molar-refractivity contribution in [2.75, 3.05) is 6.61 Å². The Balaban J connectivity index is 2.52. The molecule has 1 saturated heterocycles. The van der Waals surface area contributed by atoms with E-state index < -0.39 is 0 Å². The Bertz CT molecular complexity index is 156. The molecule has 0 radical (unpaired) electrons. The highest BCUT2D eigenvalue weighted by Crippen LogP contribution is 2.22. The van der Waals surface area contributed by atoms with E-state index in [-0.39, 0.29) is 24.5 Å². The third-order valence-electron chi connectivity index (χ3n) is 2.25. The summed E-state index contributed by atoms with van der Waals surface area (Å²) in [6.45, 7) is 4.13. The molecule has 2 N–H and O–H groups in total. The largest absolute Gasteiger partial charge is 0.394 e. The molecule has 0 bridgehead atoms. The number of carbonyl (C=O) groups is 1. The zero-order chi connectivity index (χ0) is 8.43. The van der Waals surface area contributed by atoms with E-state index in [1.165, 1.54) is 0 Å². The molecule has 0 aromatic carbocycles. The fraction of sp³-hybridized carbons (Fsp3) is 0.875. The zero-order valence-electron chi connectivity index (χ0n) is 7.00. The molecule has 0 saturated carbocycles. The number of nitrogens with one attached hydrogen (secondary N) is 1. The number of rotatable bonds is 2. The Morgan fingerprint density at radius 1 is 1.73 bits per heavy atom. The lowest BCUT2D eigenvalue weighted by Gasteiger charge is -2.09.